The van der Waals surface area contributed by atoms with E-state index < -0.39 is 23.9 Å². The first-order valence-electron chi connectivity index (χ1n) is 9.35. The van der Waals surface area contributed by atoms with Crippen molar-refractivity contribution in [3.63, 3.8) is 0 Å². The van der Waals surface area contributed by atoms with E-state index in [0.717, 1.165) is 0 Å². The molecule has 0 heterocycles. The van der Waals surface area contributed by atoms with E-state index in [0.29, 0.717) is 32.3 Å². The summed E-state index contributed by atoms with van der Waals surface area (Å²) in [5.74, 6) is -5.13. The van der Waals surface area contributed by atoms with E-state index in [-0.39, 0.29) is 70.8 Å². The molecule has 4 N–H and O–H groups in total. The number of carboxylic acids is 4. The topological polar surface area (TPSA) is 149 Å². The van der Waals surface area contributed by atoms with Crippen LogP contribution in [0.25, 0.3) is 43.1 Å². The predicted molar refractivity (Wildman–Crippen MR) is 124 cm³/mol. The first-order chi connectivity index (χ1) is 15.2. The number of benzene rings is 5. The van der Waals surface area contributed by atoms with Crippen molar-refractivity contribution in [3.8, 4) is 0 Å². The normalized spacial score (nSPS) is 11.2. The van der Waals surface area contributed by atoms with Crippen LogP contribution in [0.1, 0.15) is 41.4 Å². The molecule has 0 saturated carbocycles. The molecule has 5 rings (SSSR count). The molecular weight excluding hydrogens is 456 g/mol. The Morgan fingerprint density at radius 1 is 0.394 bits per heavy atom. The Balaban J connectivity index is 0.00000259. The van der Waals surface area contributed by atoms with E-state index >= 15 is 0 Å². The zero-order chi connectivity index (χ0) is 22.9. The van der Waals surface area contributed by atoms with Crippen LogP contribution in [-0.4, -0.2) is 82.0 Å². The molecule has 8 nitrogen and oxygen atoms in total. The van der Waals surface area contributed by atoms with Gasteiger partial charge in [-0.3, -0.25) is 0 Å². The molecule has 0 amide bonds. The molecule has 0 fully saturated rings. The monoisotopic (exact) mass is 470 g/mol. The average Bonchev–Trinajstić information content (AvgIpc) is 2.75. The van der Waals surface area contributed by atoms with Crippen molar-refractivity contribution in [2.24, 2.45) is 0 Å². The Morgan fingerprint density at radius 3 is 0.788 bits per heavy atom. The quantitative estimate of drug-likeness (QED) is 0.177. The summed E-state index contributed by atoms with van der Waals surface area (Å²) >= 11 is 0. The summed E-state index contributed by atoms with van der Waals surface area (Å²) in [6, 6.07) is 11.4. The molecule has 0 radical (unpaired) electrons. The third-order valence-electron chi connectivity index (χ3n) is 5.82. The number of aromatic carboxylic acids is 4. The molecule has 33 heavy (non-hydrogen) atoms. The number of fused-ring (bicyclic) bond motifs is 2. The van der Waals surface area contributed by atoms with E-state index in [9.17, 15) is 39.6 Å². The number of carboxylic acid groups (broad SMARTS) is 4. The van der Waals surface area contributed by atoms with Crippen LogP contribution in [0.3, 0.4) is 0 Å². The van der Waals surface area contributed by atoms with Crippen LogP contribution in [0.15, 0.2) is 48.5 Å². The summed E-state index contributed by atoms with van der Waals surface area (Å²) in [5.41, 5.74) is -0.696. The fourth-order valence-electron chi connectivity index (χ4n) is 4.60. The Hall–Kier alpha value is -3.46. The molecular formula is C24H14CaO8. The van der Waals surface area contributed by atoms with E-state index in [1.165, 1.54) is 48.5 Å². The van der Waals surface area contributed by atoms with Gasteiger partial charge in [0, 0.05) is 10.8 Å². The molecule has 0 saturated heterocycles. The maximum absolute atomic E-state index is 11.9. The summed E-state index contributed by atoms with van der Waals surface area (Å²) in [5, 5.41) is 41.7. The molecule has 160 valence electrons. The molecule has 0 bridgehead atoms. The Bertz CT molecular complexity index is 1440. The van der Waals surface area contributed by atoms with Crippen molar-refractivity contribution >= 4 is 105 Å². The first-order valence-corrected chi connectivity index (χ1v) is 9.35. The molecule has 0 unspecified atom stereocenters. The Kier molecular flexibility index (Phi) is 5.40. The third-order valence-corrected chi connectivity index (χ3v) is 5.82. The van der Waals surface area contributed by atoms with Gasteiger partial charge in [-0.2, -0.15) is 0 Å². The Labute approximate surface area is 214 Å². The zero-order valence-electron chi connectivity index (χ0n) is 16.0. The van der Waals surface area contributed by atoms with Crippen molar-refractivity contribution in [2.45, 2.75) is 0 Å². The van der Waals surface area contributed by atoms with Gasteiger partial charge in [0.25, 0.3) is 0 Å². The van der Waals surface area contributed by atoms with Crippen LogP contribution in [0, 0.1) is 0 Å². The van der Waals surface area contributed by atoms with Crippen molar-refractivity contribution in [3.05, 3.63) is 70.8 Å². The summed E-state index contributed by atoms with van der Waals surface area (Å²) < 4.78 is 0. The number of carbonyl (C=O) groups is 4. The van der Waals surface area contributed by atoms with Crippen LogP contribution >= 0.6 is 0 Å². The van der Waals surface area contributed by atoms with Crippen LogP contribution in [0.5, 0.6) is 0 Å². The van der Waals surface area contributed by atoms with Gasteiger partial charge < -0.3 is 20.4 Å². The SMILES string of the molecule is O=C(O)c1ccc2c3ccc(C(=O)O)c4c(C(=O)O)ccc(c5ccc(C(=O)O)c1c25)c43.[CaH2]. The van der Waals surface area contributed by atoms with Crippen molar-refractivity contribution in [2.75, 3.05) is 0 Å². The molecule has 0 atom stereocenters. The second-order valence-electron chi connectivity index (χ2n) is 7.36. The maximum atomic E-state index is 11.9. The minimum absolute atomic E-state index is 0. The van der Waals surface area contributed by atoms with Crippen molar-refractivity contribution in [1.82, 2.24) is 0 Å². The Morgan fingerprint density at radius 2 is 0.606 bits per heavy atom. The van der Waals surface area contributed by atoms with Crippen LogP contribution in [-0.2, 0) is 0 Å². The van der Waals surface area contributed by atoms with Gasteiger partial charge in [0.2, 0.25) is 0 Å². The fraction of sp³-hybridized carbons (Fsp3) is 0. The van der Waals surface area contributed by atoms with Crippen LogP contribution in [0.4, 0.5) is 0 Å². The van der Waals surface area contributed by atoms with Gasteiger partial charge in [-0.05, 0) is 56.6 Å². The van der Waals surface area contributed by atoms with Gasteiger partial charge in [-0.25, -0.2) is 19.2 Å². The molecule has 0 aromatic heterocycles. The van der Waals surface area contributed by atoms with Gasteiger partial charge in [0.05, 0.1) is 22.3 Å². The first kappa shape index (κ1) is 22.7. The molecule has 0 aliphatic rings. The van der Waals surface area contributed by atoms with E-state index in [1.807, 2.05) is 0 Å². The number of hydrogen-bond donors (Lipinski definition) is 4. The van der Waals surface area contributed by atoms with Gasteiger partial charge in [0.1, 0.15) is 0 Å². The second kappa shape index (κ2) is 7.84. The second-order valence-corrected chi connectivity index (χ2v) is 7.36. The fourth-order valence-corrected chi connectivity index (χ4v) is 4.60. The zero-order valence-corrected chi connectivity index (χ0v) is 16.0. The molecule has 5 aromatic rings. The minimum atomic E-state index is -1.28. The molecule has 5 aromatic carbocycles. The summed E-state index contributed by atoms with van der Waals surface area (Å²) in [6.45, 7) is 0. The van der Waals surface area contributed by atoms with E-state index in [1.54, 1.807) is 0 Å². The predicted octanol–water partition coefficient (Wildman–Crippen LogP) is 3.61. The van der Waals surface area contributed by atoms with E-state index in [4.69, 9.17) is 0 Å². The summed E-state index contributed by atoms with van der Waals surface area (Å²) in [7, 11) is 0. The average molecular weight is 470 g/mol. The van der Waals surface area contributed by atoms with Gasteiger partial charge >= 0.3 is 61.6 Å². The van der Waals surface area contributed by atoms with Gasteiger partial charge in [-0.1, -0.05) is 24.3 Å². The molecule has 0 aliphatic heterocycles. The van der Waals surface area contributed by atoms with Gasteiger partial charge in [-0.15, -0.1) is 0 Å². The van der Waals surface area contributed by atoms with Crippen LogP contribution < -0.4 is 0 Å². The number of hydrogen-bond acceptors (Lipinski definition) is 4. The van der Waals surface area contributed by atoms with Gasteiger partial charge in [0.15, 0.2) is 0 Å². The van der Waals surface area contributed by atoms with E-state index in [2.05, 4.69) is 0 Å². The van der Waals surface area contributed by atoms with Crippen molar-refractivity contribution < 1.29 is 39.6 Å². The third kappa shape index (κ3) is 3.10. The summed E-state index contributed by atoms with van der Waals surface area (Å²) in [6.07, 6.45) is 0. The van der Waals surface area contributed by atoms with Crippen molar-refractivity contribution in [1.29, 1.82) is 0 Å². The van der Waals surface area contributed by atoms with Crippen LogP contribution in [0.2, 0.25) is 0 Å². The molecule has 9 heteroatoms. The molecule has 0 spiro atoms. The summed E-state index contributed by atoms with van der Waals surface area (Å²) in [4.78, 5) is 47.5. The number of rotatable bonds is 4. The molecule has 0 aliphatic carbocycles. The standard InChI is InChI=1S/C24H12O8.Ca.2H/c25-21(26)13-5-1-9-10-2-6-15(23(29)30)20-16(24(31)32)8-4-12(18(10)20)11-3-7-14(22(27)28)19(13)17(9)11;;;/h1-8H,(H,25,26)(H,27,28)(H,29,30)(H,31,32);;;.